The fourth-order valence-electron chi connectivity index (χ4n) is 2.91. The summed E-state index contributed by atoms with van der Waals surface area (Å²) in [6.07, 6.45) is 1.70. The lowest BCUT2D eigenvalue weighted by molar-refractivity contribution is -0.118. The van der Waals surface area contributed by atoms with Crippen molar-refractivity contribution in [2.75, 3.05) is 18.5 Å². The number of anilines is 1. The van der Waals surface area contributed by atoms with Gasteiger partial charge in [0.05, 0.1) is 5.41 Å². The van der Waals surface area contributed by atoms with Crippen molar-refractivity contribution < 1.29 is 14.3 Å². The predicted octanol–water partition coefficient (Wildman–Crippen LogP) is 3.78. The third-order valence-corrected chi connectivity index (χ3v) is 4.63. The number of amides is 1. The number of hydrogen-bond donors (Lipinski definition) is 1. The largest absolute Gasteiger partial charge is 0.486 e. The first-order chi connectivity index (χ1) is 11.2. The molecule has 2 aromatic rings. The topological polar surface area (TPSA) is 47.6 Å². The molecule has 0 unspecified atom stereocenters. The molecule has 2 aliphatic rings. The van der Waals surface area contributed by atoms with Crippen LogP contribution in [0.15, 0.2) is 42.5 Å². The predicted molar refractivity (Wildman–Crippen MR) is 88.4 cm³/mol. The number of carbonyl (C=O) groups excluding carboxylic acids is 1. The Bertz CT molecular complexity index is 753. The summed E-state index contributed by atoms with van der Waals surface area (Å²) < 4.78 is 11.0. The van der Waals surface area contributed by atoms with Gasteiger partial charge in [-0.3, -0.25) is 4.79 Å². The lowest BCUT2D eigenvalue weighted by atomic mass is 9.95. The van der Waals surface area contributed by atoms with Crippen LogP contribution in [0, 0.1) is 0 Å². The molecule has 0 aromatic heterocycles. The Morgan fingerprint density at radius 3 is 2.39 bits per heavy atom. The zero-order valence-electron chi connectivity index (χ0n) is 12.5. The Labute approximate surface area is 139 Å². The number of rotatable bonds is 3. The van der Waals surface area contributed by atoms with E-state index in [9.17, 15) is 4.79 Å². The summed E-state index contributed by atoms with van der Waals surface area (Å²) in [5, 5.41) is 3.68. The van der Waals surface area contributed by atoms with E-state index in [4.69, 9.17) is 21.1 Å². The molecule has 1 amide bonds. The Balaban J connectivity index is 1.55. The van der Waals surface area contributed by atoms with E-state index in [1.54, 1.807) is 0 Å². The highest BCUT2D eigenvalue weighted by atomic mass is 35.5. The molecule has 0 spiro atoms. The Morgan fingerprint density at radius 1 is 1.00 bits per heavy atom. The molecular weight excluding hydrogens is 314 g/mol. The van der Waals surface area contributed by atoms with E-state index in [-0.39, 0.29) is 5.91 Å². The Morgan fingerprint density at radius 2 is 1.70 bits per heavy atom. The van der Waals surface area contributed by atoms with Crippen LogP contribution in [0.5, 0.6) is 11.5 Å². The van der Waals surface area contributed by atoms with Crippen LogP contribution >= 0.6 is 11.6 Å². The second-order valence-electron chi connectivity index (χ2n) is 5.90. The van der Waals surface area contributed by atoms with E-state index in [0.29, 0.717) is 29.7 Å². The van der Waals surface area contributed by atoms with Gasteiger partial charge in [-0.25, -0.2) is 0 Å². The second kappa shape index (κ2) is 5.46. The highest BCUT2D eigenvalue weighted by Gasteiger charge is 2.51. The number of halogens is 1. The van der Waals surface area contributed by atoms with E-state index in [1.807, 2.05) is 42.5 Å². The lowest BCUT2D eigenvalue weighted by Gasteiger charge is -2.20. The molecule has 0 bridgehead atoms. The summed E-state index contributed by atoms with van der Waals surface area (Å²) in [5.41, 5.74) is 1.30. The van der Waals surface area contributed by atoms with E-state index < -0.39 is 5.41 Å². The number of nitrogens with one attached hydrogen (secondary N) is 1. The van der Waals surface area contributed by atoms with Gasteiger partial charge in [0.15, 0.2) is 11.5 Å². The van der Waals surface area contributed by atoms with Gasteiger partial charge in [-0.2, -0.15) is 0 Å². The molecule has 1 fully saturated rings. The van der Waals surface area contributed by atoms with Crippen molar-refractivity contribution in [3.63, 3.8) is 0 Å². The minimum atomic E-state index is -0.433. The maximum atomic E-state index is 12.7. The molecule has 0 atom stereocenters. The van der Waals surface area contributed by atoms with Crippen molar-refractivity contribution in [1.82, 2.24) is 0 Å². The van der Waals surface area contributed by atoms with Crippen LogP contribution in [0.25, 0.3) is 0 Å². The maximum Gasteiger partial charge on any atom is 0.235 e. The van der Waals surface area contributed by atoms with Gasteiger partial charge in [0.1, 0.15) is 13.2 Å². The smallest absolute Gasteiger partial charge is 0.235 e. The van der Waals surface area contributed by atoms with Gasteiger partial charge in [-0.15, -0.1) is 0 Å². The molecule has 118 valence electrons. The summed E-state index contributed by atoms with van der Waals surface area (Å²) in [7, 11) is 0. The van der Waals surface area contributed by atoms with Gasteiger partial charge in [0.2, 0.25) is 5.91 Å². The van der Waals surface area contributed by atoms with Crippen LogP contribution < -0.4 is 14.8 Å². The van der Waals surface area contributed by atoms with Crippen molar-refractivity contribution >= 4 is 23.2 Å². The van der Waals surface area contributed by atoms with Gasteiger partial charge in [-0.1, -0.05) is 23.7 Å². The average molecular weight is 330 g/mol. The number of fused-ring (bicyclic) bond motifs is 1. The number of carbonyl (C=O) groups is 1. The Hall–Kier alpha value is -2.20. The first-order valence-corrected chi connectivity index (χ1v) is 8.02. The van der Waals surface area contributed by atoms with Gasteiger partial charge in [0, 0.05) is 16.8 Å². The van der Waals surface area contributed by atoms with Crippen molar-refractivity contribution in [3.05, 3.63) is 53.1 Å². The molecule has 5 heteroatoms. The number of benzene rings is 2. The van der Waals surface area contributed by atoms with Gasteiger partial charge >= 0.3 is 0 Å². The molecule has 4 rings (SSSR count). The highest BCUT2D eigenvalue weighted by molar-refractivity contribution is 6.30. The number of ether oxygens (including phenoxy) is 2. The summed E-state index contributed by atoms with van der Waals surface area (Å²) in [5.74, 6) is 1.40. The Kier molecular flexibility index (Phi) is 3.42. The summed E-state index contributed by atoms with van der Waals surface area (Å²) in [4.78, 5) is 12.7. The van der Waals surface area contributed by atoms with Crippen molar-refractivity contribution in [3.8, 4) is 11.5 Å². The fraction of sp³-hybridized carbons (Fsp3) is 0.278. The van der Waals surface area contributed by atoms with Crippen LogP contribution in [0.4, 0.5) is 5.69 Å². The standard InChI is InChI=1S/C18H16ClNO3/c19-13-3-1-12(2-4-13)18(7-8-18)17(21)20-14-5-6-15-16(11-14)23-10-9-22-15/h1-6,11H,7-10H2,(H,20,21). The number of hydrogen-bond acceptors (Lipinski definition) is 3. The normalized spacial score (nSPS) is 17.4. The van der Waals surface area contributed by atoms with Crippen molar-refractivity contribution in [1.29, 1.82) is 0 Å². The third-order valence-electron chi connectivity index (χ3n) is 4.38. The van der Waals surface area contributed by atoms with E-state index in [1.165, 1.54) is 0 Å². The van der Waals surface area contributed by atoms with Crippen molar-refractivity contribution in [2.24, 2.45) is 0 Å². The van der Waals surface area contributed by atoms with Gasteiger partial charge in [-0.05, 0) is 42.7 Å². The van der Waals surface area contributed by atoms with Crippen LogP contribution in [0.1, 0.15) is 18.4 Å². The monoisotopic (exact) mass is 329 g/mol. The van der Waals surface area contributed by atoms with Crippen LogP contribution in [-0.4, -0.2) is 19.1 Å². The average Bonchev–Trinajstić information content (AvgIpc) is 3.37. The zero-order valence-corrected chi connectivity index (χ0v) is 13.2. The summed E-state index contributed by atoms with van der Waals surface area (Å²) in [6, 6.07) is 13.0. The molecular formula is C18H16ClNO3. The lowest BCUT2D eigenvalue weighted by Crippen LogP contribution is -2.27. The maximum absolute atomic E-state index is 12.7. The summed E-state index contributed by atoms with van der Waals surface area (Å²) in [6.45, 7) is 1.08. The van der Waals surface area contributed by atoms with Crippen LogP contribution in [0.3, 0.4) is 0 Å². The molecule has 0 saturated heterocycles. The second-order valence-corrected chi connectivity index (χ2v) is 6.34. The molecule has 1 heterocycles. The molecule has 1 saturated carbocycles. The van der Waals surface area contributed by atoms with E-state index in [2.05, 4.69) is 5.32 Å². The van der Waals surface area contributed by atoms with Gasteiger partial charge in [0.25, 0.3) is 0 Å². The summed E-state index contributed by atoms with van der Waals surface area (Å²) >= 11 is 5.93. The van der Waals surface area contributed by atoms with Gasteiger partial charge < -0.3 is 14.8 Å². The quantitative estimate of drug-likeness (QED) is 0.932. The molecule has 4 nitrogen and oxygen atoms in total. The van der Waals surface area contributed by atoms with Crippen LogP contribution in [-0.2, 0) is 10.2 Å². The third kappa shape index (κ3) is 2.63. The molecule has 1 aliphatic carbocycles. The SMILES string of the molecule is O=C(Nc1ccc2c(c1)OCCO2)C1(c2ccc(Cl)cc2)CC1. The van der Waals surface area contributed by atoms with Crippen LogP contribution in [0.2, 0.25) is 5.02 Å². The first-order valence-electron chi connectivity index (χ1n) is 7.65. The first kappa shape index (κ1) is 14.4. The fourth-order valence-corrected chi connectivity index (χ4v) is 3.04. The van der Waals surface area contributed by atoms with E-state index in [0.717, 1.165) is 24.1 Å². The molecule has 2 aromatic carbocycles. The zero-order chi connectivity index (χ0) is 15.9. The minimum absolute atomic E-state index is 0.0106. The molecule has 23 heavy (non-hydrogen) atoms. The van der Waals surface area contributed by atoms with E-state index >= 15 is 0 Å². The molecule has 1 aliphatic heterocycles. The van der Waals surface area contributed by atoms with Crippen molar-refractivity contribution in [2.45, 2.75) is 18.3 Å². The molecule has 0 radical (unpaired) electrons. The molecule has 1 N–H and O–H groups in total. The minimum Gasteiger partial charge on any atom is -0.486 e. The highest BCUT2D eigenvalue weighted by Crippen LogP contribution is 2.49.